The van der Waals surface area contributed by atoms with Crippen molar-refractivity contribution >= 4 is 10.0 Å². The highest BCUT2D eigenvalue weighted by Gasteiger charge is 2.52. The Hall–Kier alpha value is -1.80. The summed E-state index contributed by atoms with van der Waals surface area (Å²) in [6.45, 7) is 6.02. The zero-order valence-electron chi connectivity index (χ0n) is 17.1. The minimum absolute atomic E-state index is 0.0271. The summed E-state index contributed by atoms with van der Waals surface area (Å²) >= 11 is 0. The second-order valence-corrected chi connectivity index (χ2v) is 10.9. The van der Waals surface area contributed by atoms with E-state index in [0.717, 1.165) is 38.1 Å². The van der Waals surface area contributed by atoms with Gasteiger partial charge < -0.3 is 4.57 Å². The Morgan fingerprint density at radius 1 is 1.17 bits per heavy atom. The average Bonchev–Trinajstić information content (AvgIpc) is 3.27. The van der Waals surface area contributed by atoms with Crippen LogP contribution < -0.4 is 0 Å². The Labute approximate surface area is 172 Å². The molecule has 2 heterocycles. The molecule has 2 aliphatic rings. The van der Waals surface area contributed by atoms with Crippen molar-refractivity contribution in [3.8, 4) is 0 Å². The number of aromatic nitrogens is 3. The lowest BCUT2D eigenvalue weighted by atomic mass is 9.67. The Kier molecular flexibility index (Phi) is 5.50. The largest absolute Gasteiger partial charge is 0.317 e. The molecule has 4 rings (SSSR count). The van der Waals surface area contributed by atoms with E-state index >= 15 is 0 Å². The van der Waals surface area contributed by atoms with E-state index in [2.05, 4.69) is 28.6 Å². The number of halogens is 1. The van der Waals surface area contributed by atoms with Crippen LogP contribution >= 0.6 is 0 Å². The van der Waals surface area contributed by atoms with Crippen LogP contribution in [0.15, 0.2) is 35.5 Å². The number of benzene rings is 1. The van der Waals surface area contributed by atoms with Crippen LogP contribution in [0.1, 0.15) is 57.7 Å². The molecule has 1 aliphatic carbocycles. The quantitative estimate of drug-likeness (QED) is 0.738. The van der Waals surface area contributed by atoms with Crippen molar-refractivity contribution in [1.29, 1.82) is 0 Å². The van der Waals surface area contributed by atoms with Gasteiger partial charge in [0.2, 0.25) is 10.0 Å². The number of hydrogen-bond donors (Lipinski definition) is 0. The van der Waals surface area contributed by atoms with Crippen LogP contribution in [-0.2, 0) is 16.6 Å². The first kappa shape index (κ1) is 20.5. The molecule has 1 aromatic carbocycles. The van der Waals surface area contributed by atoms with E-state index in [4.69, 9.17) is 0 Å². The Balaban J connectivity index is 1.70. The molecule has 8 heteroatoms. The van der Waals surface area contributed by atoms with Gasteiger partial charge in [0.25, 0.3) is 0 Å². The van der Waals surface area contributed by atoms with E-state index in [9.17, 15) is 12.8 Å². The normalized spacial score (nSPS) is 22.6. The molecule has 2 aromatic rings. The van der Waals surface area contributed by atoms with Gasteiger partial charge in [-0.1, -0.05) is 33.1 Å². The van der Waals surface area contributed by atoms with Gasteiger partial charge in [0.15, 0.2) is 0 Å². The molecule has 158 valence electrons. The van der Waals surface area contributed by atoms with E-state index in [1.807, 2.05) is 0 Å². The maximum absolute atomic E-state index is 13.3. The van der Waals surface area contributed by atoms with Gasteiger partial charge in [0, 0.05) is 25.6 Å². The van der Waals surface area contributed by atoms with Crippen LogP contribution in [0.2, 0.25) is 0 Å². The first-order valence-electron chi connectivity index (χ1n) is 10.5. The van der Waals surface area contributed by atoms with Crippen LogP contribution in [0.3, 0.4) is 0 Å². The van der Waals surface area contributed by atoms with Crippen LogP contribution in [0.4, 0.5) is 4.39 Å². The molecule has 0 bridgehead atoms. The molecule has 0 amide bonds. The summed E-state index contributed by atoms with van der Waals surface area (Å²) in [7, 11) is -3.68. The van der Waals surface area contributed by atoms with Crippen molar-refractivity contribution in [2.24, 2.45) is 11.3 Å². The summed E-state index contributed by atoms with van der Waals surface area (Å²) < 4.78 is 43.6. The number of nitrogens with zero attached hydrogens (tertiary/aromatic N) is 4. The van der Waals surface area contributed by atoms with Crippen LogP contribution in [0, 0.1) is 17.2 Å². The predicted molar refractivity (Wildman–Crippen MR) is 108 cm³/mol. The number of hydrogen-bond acceptors (Lipinski definition) is 4. The third-order valence-corrected chi connectivity index (χ3v) is 8.26. The Morgan fingerprint density at radius 3 is 2.52 bits per heavy atom. The van der Waals surface area contributed by atoms with Crippen molar-refractivity contribution in [2.45, 2.75) is 63.3 Å². The second kappa shape index (κ2) is 7.80. The average molecular weight is 421 g/mol. The summed E-state index contributed by atoms with van der Waals surface area (Å²) in [6.07, 6.45) is 7.18. The van der Waals surface area contributed by atoms with Gasteiger partial charge in [-0.05, 0) is 48.4 Å². The minimum Gasteiger partial charge on any atom is -0.317 e. The number of sulfonamides is 1. The highest BCUT2D eigenvalue weighted by Crippen LogP contribution is 2.52. The molecule has 1 spiro atoms. The fourth-order valence-electron chi connectivity index (χ4n) is 5.05. The first-order valence-corrected chi connectivity index (χ1v) is 11.9. The summed E-state index contributed by atoms with van der Waals surface area (Å²) in [5, 5.41) is 8.60. The van der Waals surface area contributed by atoms with Crippen molar-refractivity contribution in [2.75, 3.05) is 13.1 Å². The zero-order valence-corrected chi connectivity index (χ0v) is 17.9. The molecule has 1 aromatic heterocycles. The molecular formula is C21H29FN4O2S. The minimum atomic E-state index is -3.68. The summed E-state index contributed by atoms with van der Waals surface area (Å²) in [4.78, 5) is 0.147. The van der Waals surface area contributed by atoms with Gasteiger partial charge in [0.1, 0.15) is 18.0 Å². The molecule has 29 heavy (non-hydrogen) atoms. The molecule has 6 nitrogen and oxygen atoms in total. The lowest BCUT2D eigenvalue weighted by Crippen LogP contribution is -2.34. The van der Waals surface area contributed by atoms with E-state index in [0.29, 0.717) is 19.0 Å². The highest BCUT2D eigenvalue weighted by molar-refractivity contribution is 7.89. The van der Waals surface area contributed by atoms with Crippen molar-refractivity contribution in [1.82, 2.24) is 19.1 Å². The first-order chi connectivity index (χ1) is 13.8. The monoisotopic (exact) mass is 420 g/mol. The van der Waals surface area contributed by atoms with Gasteiger partial charge in [-0.25, -0.2) is 12.8 Å². The standard InChI is InChI=1S/C21H29FN4O2S/c1-16(2)12-25-15-23-24-20(25)19-13-26(14-21(19)10-4-3-5-11-21)29(27,28)18-8-6-17(22)7-9-18/h6-9,15-16,19H,3-5,10-14H2,1-2H3. The summed E-state index contributed by atoms with van der Waals surface area (Å²) in [6, 6.07) is 5.12. The zero-order chi connectivity index (χ0) is 20.6. The fraction of sp³-hybridized carbons (Fsp3) is 0.619. The molecule has 2 fully saturated rings. The van der Waals surface area contributed by atoms with Crippen LogP contribution in [-0.4, -0.2) is 40.6 Å². The highest BCUT2D eigenvalue weighted by atomic mass is 32.2. The SMILES string of the molecule is CC(C)Cn1cnnc1C1CN(S(=O)(=O)c2ccc(F)cc2)CC12CCCCC2. The third-order valence-electron chi connectivity index (χ3n) is 6.44. The molecule has 0 radical (unpaired) electrons. The van der Waals surface area contributed by atoms with E-state index in [1.54, 1.807) is 10.6 Å². The fourth-order valence-corrected chi connectivity index (χ4v) is 6.60. The molecule has 1 saturated heterocycles. The van der Waals surface area contributed by atoms with Crippen molar-refractivity contribution in [3.63, 3.8) is 0 Å². The summed E-state index contributed by atoms with van der Waals surface area (Å²) in [5.74, 6) is 0.943. The molecular weight excluding hydrogens is 391 g/mol. The van der Waals surface area contributed by atoms with Crippen LogP contribution in [0.5, 0.6) is 0 Å². The maximum Gasteiger partial charge on any atom is 0.243 e. The lowest BCUT2D eigenvalue weighted by Gasteiger charge is -2.37. The van der Waals surface area contributed by atoms with E-state index < -0.39 is 15.8 Å². The van der Waals surface area contributed by atoms with E-state index in [-0.39, 0.29) is 16.2 Å². The second-order valence-electron chi connectivity index (χ2n) is 8.96. The summed E-state index contributed by atoms with van der Waals surface area (Å²) in [5.41, 5.74) is -0.104. The molecule has 0 N–H and O–H groups in total. The Morgan fingerprint density at radius 2 is 1.86 bits per heavy atom. The Bertz CT molecular complexity index is 949. The predicted octanol–water partition coefficient (Wildman–Crippen LogP) is 3.81. The smallest absolute Gasteiger partial charge is 0.243 e. The van der Waals surface area contributed by atoms with Gasteiger partial charge in [0.05, 0.1) is 4.90 Å². The topological polar surface area (TPSA) is 68.1 Å². The molecule has 1 unspecified atom stereocenters. The van der Waals surface area contributed by atoms with Gasteiger partial charge >= 0.3 is 0 Å². The number of rotatable bonds is 5. The third kappa shape index (κ3) is 3.84. The van der Waals surface area contributed by atoms with Crippen LogP contribution in [0.25, 0.3) is 0 Å². The van der Waals surface area contributed by atoms with Gasteiger partial charge in [-0.3, -0.25) is 0 Å². The molecule has 1 saturated carbocycles. The van der Waals surface area contributed by atoms with Gasteiger partial charge in [-0.15, -0.1) is 10.2 Å². The lowest BCUT2D eigenvalue weighted by molar-refractivity contribution is 0.175. The maximum atomic E-state index is 13.3. The van der Waals surface area contributed by atoms with Crippen molar-refractivity contribution < 1.29 is 12.8 Å². The van der Waals surface area contributed by atoms with Gasteiger partial charge in [-0.2, -0.15) is 4.31 Å². The van der Waals surface area contributed by atoms with Crippen molar-refractivity contribution in [3.05, 3.63) is 42.2 Å². The van der Waals surface area contributed by atoms with E-state index in [1.165, 1.54) is 30.7 Å². The molecule has 1 aliphatic heterocycles. The molecule has 1 atom stereocenters.